The van der Waals surface area contributed by atoms with Crippen molar-refractivity contribution in [2.24, 2.45) is 0 Å². The Morgan fingerprint density at radius 1 is 1.32 bits per heavy atom. The summed E-state index contributed by atoms with van der Waals surface area (Å²) in [5, 5.41) is 11.1. The van der Waals surface area contributed by atoms with E-state index in [0.717, 1.165) is 27.8 Å². The van der Waals surface area contributed by atoms with Crippen LogP contribution in [0.25, 0.3) is 0 Å². The SMILES string of the molecule is CCc1nnc(NC(=O)C2CCCN2S(=O)(=O)c2ccccc2C(F)(F)F)s1. The van der Waals surface area contributed by atoms with E-state index in [1.165, 1.54) is 6.07 Å². The van der Waals surface area contributed by atoms with Crippen molar-refractivity contribution in [3.63, 3.8) is 0 Å². The van der Waals surface area contributed by atoms with E-state index >= 15 is 0 Å². The number of benzene rings is 1. The Morgan fingerprint density at radius 2 is 2.04 bits per heavy atom. The number of halogens is 3. The number of sulfonamides is 1. The number of hydrogen-bond acceptors (Lipinski definition) is 6. The van der Waals surface area contributed by atoms with Gasteiger partial charge in [0, 0.05) is 6.54 Å². The molecule has 1 atom stereocenters. The second-order valence-corrected chi connectivity index (χ2v) is 9.03. The molecule has 1 saturated heterocycles. The highest BCUT2D eigenvalue weighted by molar-refractivity contribution is 7.89. The predicted molar refractivity (Wildman–Crippen MR) is 96.3 cm³/mol. The van der Waals surface area contributed by atoms with Crippen LogP contribution < -0.4 is 5.32 Å². The van der Waals surface area contributed by atoms with Gasteiger partial charge in [-0.1, -0.05) is 30.4 Å². The Kier molecular flexibility index (Phi) is 5.73. The lowest BCUT2D eigenvalue weighted by Crippen LogP contribution is -2.43. The van der Waals surface area contributed by atoms with Crippen molar-refractivity contribution in [3.8, 4) is 0 Å². The normalized spacial score (nSPS) is 18.4. The van der Waals surface area contributed by atoms with Crippen LogP contribution in [0.1, 0.15) is 30.3 Å². The molecule has 0 aliphatic carbocycles. The first-order valence-electron chi connectivity index (χ1n) is 8.46. The molecule has 1 aromatic carbocycles. The summed E-state index contributed by atoms with van der Waals surface area (Å²) in [6.07, 6.45) is -3.63. The number of nitrogens with zero attached hydrogens (tertiary/aromatic N) is 3. The van der Waals surface area contributed by atoms with Crippen LogP contribution in [0.15, 0.2) is 29.2 Å². The Bertz CT molecular complexity index is 976. The van der Waals surface area contributed by atoms with Crippen LogP contribution in [-0.4, -0.2) is 41.4 Å². The second-order valence-electron chi connectivity index (χ2n) is 6.11. The Labute approximate surface area is 163 Å². The van der Waals surface area contributed by atoms with Gasteiger partial charge in [-0.3, -0.25) is 10.1 Å². The second kappa shape index (κ2) is 7.76. The number of nitrogens with one attached hydrogen (secondary N) is 1. The van der Waals surface area contributed by atoms with Gasteiger partial charge in [-0.25, -0.2) is 8.42 Å². The van der Waals surface area contributed by atoms with Crippen molar-refractivity contribution in [2.45, 2.75) is 43.3 Å². The minimum atomic E-state index is -4.83. The predicted octanol–water partition coefficient (Wildman–Crippen LogP) is 2.91. The summed E-state index contributed by atoms with van der Waals surface area (Å²) < 4.78 is 66.5. The van der Waals surface area contributed by atoms with Gasteiger partial charge in [-0.15, -0.1) is 10.2 Å². The van der Waals surface area contributed by atoms with Gasteiger partial charge < -0.3 is 0 Å². The molecule has 0 bridgehead atoms. The average molecular weight is 434 g/mol. The lowest BCUT2D eigenvalue weighted by molar-refractivity contribution is -0.139. The van der Waals surface area contributed by atoms with Crippen molar-refractivity contribution >= 4 is 32.4 Å². The highest BCUT2D eigenvalue weighted by Crippen LogP contribution is 2.37. The number of rotatable bonds is 5. The zero-order chi connectivity index (χ0) is 20.5. The van der Waals surface area contributed by atoms with E-state index in [0.29, 0.717) is 23.9 Å². The highest BCUT2D eigenvalue weighted by Gasteiger charge is 2.44. The van der Waals surface area contributed by atoms with Gasteiger partial charge in [0.2, 0.25) is 21.1 Å². The van der Waals surface area contributed by atoms with Crippen LogP contribution in [0.4, 0.5) is 18.3 Å². The third-order valence-electron chi connectivity index (χ3n) is 4.28. The molecule has 2 aromatic rings. The first-order chi connectivity index (χ1) is 13.1. The van der Waals surface area contributed by atoms with E-state index in [1.54, 1.807) is 0 Å². The molecule has 0 spiro atoms. The average Bonchev–Trinajstić information content (AvgIpc) is 3.30. The monoisotopic (exact) mass is 434 g/mol. The molecule has 152 valence electrons. The smallest absolute Gasteiger partial charge is 0.299 e. The number of aryl methyl sites for hydroxylation is 1. The lowest BCUT2D eigenvalue weighted by atomic mass is 10.2. The molecule has 1 N–H and O–H groups in total. The standard InChI is InChI=1S/C16H17F3N4O3S2/c1-2-13-21-22-15(27-13)20-14(24)11-7-5-9-23(11)28(25,26)12-8-4-3-6-10(12)16(17,18)19/h3-4,6,8,11H,2,5,7,9H2,1H3,(H,20,22,24). The fourth-order valence-electron chi connectivity index (χ4n) is 2.98. The molecular formula is C16H17F3N4O3S2. The number of hydrogen-bond donors (Lipinski definition) is 1. The molecule has 0 radical (unpaired) electrons. The van der Waals surface area contributed by atoms with Crippen LogP contribution in [0.3, 0.4) is 0 Å². The minimum Gasteiger partial charge on any atom is -0.299 e. The fraction of sp³-hybridized carbons (Fsp3) is 0.438. The van der Waals surface area contributed by atoms with Crippen molar-refractivity contribution < 1.29 is 26.4 Å². The first kappa shape index (κ1) is 20.7. The summed E-state index contributed by atoms with van der Waals surface area (Å²) in [5.74, 6) is -0.635. The molecule has 1 fully saturated rings. The van der Waals surface area contributed by atoms with Gasteiger partial charge in [0.25, 0.3) is 0 Å². The molecule has 3 rings (SSSR count). The van der Waals surface area contributed by atoms with Crippen LogP contribution in [0, 0.1) is 0 Å². The summed E-state index contributed by atoms with van der Waals surface area (Å²) in [6.45, 7) is 1.83. The number of carbonyl (C=O) groups is 1. The number of amides is 1. The van der Waals surface area contributed by atoms with Crippen molar-refractivity contribution in [3.05, 3.63) is 34.8 Å². The van der Waals surface area contributed by atoms with E-state index < -0.39 is 38.6 Å². The summed E-state index contributed by atoms with van der Waals surface area (Å²) in [4.78, 5) is 11.7. The molecule has 1 aromatic heterocycles. The maximum absolute atomic E-state index is 13.3. The van der Waals surface area contributed by atoms with Crippen molar-refractivity contribution in [1.82, 2.24) is 14.5 Å². The van der Waals surface area contributed by atoms with Crippen LogP contribution in [-0.2, 0) is 27.4 Å². The van der Waals surface area contributed by atoms with E-state index in [-0.39, 0.29) is 18.1 Å². The maximum atomic E-state index is 13.3. The molecule has 1 aliphatic rings. The van der Waals surface area contributed by atoms with Crippen LogP contribution >= 0.6 is 11.3 Å². The Morgan fingerprint density at radius 3 is 2.68 bits per heavy atom. The molecule has 12 heteroatoms. The topological polar surface area (TPSA) is 92.3 Å². The molecule has 0 saturated carbocycles. The molecule has 2 heterocycles. The number of aromatic nitrogens is 2. The van der Waals surface area contributed by atoms with Gasteiger partial charge >= 0.3 is 6.18 Å². The molecule has 1 aliphatic heterocycles. The van der Waals surface area contributed by atoms with E-state index in [1.807, 2.05) is 6.92 Å². The molecule has 1 amide bonds. The van der Waals surface area contributed by atoms with Gasteiger partial charge in [0.1, 0.15) is 11.0 Å². The number of anilines is 1. The third-order valence-corrected chi connectivity index (χ3v) is 7.23. The minimum absolute atomic E-state index is 0.0387. The van der Waals surface area contributed by atoms with Crippen molar-refractivity contribution in [1.29, 1.82) is 0 Å². The number of alkyl halides is 3. The largest absolute Gasteiger partial charge is 0.417 e. The maximum Gasteiger partial charge on any atom is 0.417 e. The van der Waals surface area contributed by atoms with Gasteiger partial charge in [0.15, 0.2) is 0 Å². The number of carbonyl (C=O) groups excluding carboxylic acids is 1. The van der Waals surface area contributed by atoms with Gasteiger partial charge in [0.05, 0.1) is 10.5 Å². The molecular weight excluding hydrogens is 417 g/mol. The zero-order valence-corrected chi connectivity index (χ0v) is 16.4. The summed E-state index contributed by atoms with van der Waals surface area (Å²) >= 11 is 1.16. The van der Waals surface area contributed by atoms with Gasteiger partial charge in [-0.05, 0) is 31.4 Å². The van der Waals surface area contributed by atoms with Crippen molar-refractivity contribution in [2.75, 3.05) is 11.9 Å². The summed E-state index contributed by atoms with van der Waals surface area (Å²) in [6, 6.07) is 2.85. The van der Waals surface area contributed by atoms with E-state index in [2.05, 4.69) is 15.5 Å². The highest BCUT2D eigenvalue weighted by atomic mass is 32.2. The van der Waals surface area contributed by atoms with Gasteiger partial charge in [-0.2, -0.15) is 17.5 Å². The third kappa shape index (κ3) is 4.03. The summed E-state index contributed by atoms with van der Waals surface area (Å²) in [7, 11) is -4.52. The van der Waals surface area contributed by atoms with E-state index in [9.17, 15) is 26.4 Å². The quantitative estimate of drug-likeness (QED) is 0.781. The molecule has 7 nitrogen and oxygen atoms in total. The molecule has 28 heavy (non-hydrogen) atoms. The van der Waals surface area contributed by atoms with Crippen LogP contribution in [0.2, 0.25) is 0 Å². The lowest BCUT2D eigenvalue weighted by Gasteiger charge is -2.24. The fourth-order valence-corrected chi connectivity index (χ4v) is 5.53. The molecule has 1 unspecified atom stereocenters. The first-order valence-corrected chi connectivity index (χ1v) is 10.7. The zero-order valence-electron chi connectivity index (χ0n) is 14.7. The van der Waals surface area contributed by atoms with Crippen LogP contribution in [0.5, 0.6) is 0 Å². The summed E-state index contributed by atoms with van der Waals surface area (Å²) in [5.41, 5.74) is -1.25. The van der Waals surface area contributed by atoms with E-state index in [4.69, 9.17) is 0 Å². The Hall–Kier alpha value is -2.05. The Balaban J connectivity index is 1.89.